The maximum atomic E-state index is 10.7. The molecule has 0 bridgehead atoms. The molecule has 0 aromatic heterocycles. The first-order valence-corrected chi connectivity index (χ1v) is 5.05. The van der Waals surface area contributed by atoms with Gasteiger partial charge < -0.3 is 10.4 Å². The van der Waals surface area contributed by atoms with E-state index in [0.717, 1.165) is 5.92 Å². The molecule has 3 heteroatoms. The van der Waals surface area contributed by atoms with Gasteiger partial charge in [0.1, 0.15) is 0 Å². The van der Waals surface area contributed by atoms with Gasteiger partial charge in [0.05, 0.1) is 5.92 Å². The standard InChI is InChI=1S/C10H19NO2/c1-4-8-5-9(8)11-7(3)6(2)10(12)13/h6-9,11H,4-5H2,1-3H3,(H,12,13). The number of aliphatic carboxylic acids is 1. The van der Waals surface area contributed by atoms with Gasteiger partial charge in [-0.15, -0.1) is 0 Å². The third-order valence-electron chi connectivity index (χ3n) is 3.06. The van der Waals surface area contributed by atoms with Crippen molar-refractivity contribution in [2.45, 2.75) is 45.7 Å². The van der Waals surface area contributed by atoms with Crippen LogP contribution in [0.5, 0.6) is 0 Å². The second kappa shape index (κ2) is 4.09. The van der Waals surface area contributed by atoms with Gasteiger partial charge in [0, 0.05) is 12.1 Å². The molecule has 1 saturated carbocycles. The molecule has 13 heavy (non-hydrogen) atoms. The van der Waals surface area contributed by atoms with E-state index in [1.165, 1.54) is 12.8 Å². The van der Waals surface area contributed by atoms with Crippen LogP contribution in [0.3, 0.4) is 0 Å². The Balaban J connectivity index is 2.26. The molecule has 2 N–H and O–H groups in total. The predicted octanol–water partition coefficient (Wildman–Crippen LogP) is 1.48. The first-order valence-electron chi connectivity index (χ1n) is 5.05. The van der Waals surface area contributed by atoms with Crippen LogP contribution in [0.15, 0.2) is 0 Å². The van der Waals surface area contributed by atoms with Gasteiger partial charge in [0.2, 0.25) is 0 Å². The minimum absolute atomic E-state index is 0.0825. The van der Waals surface area contributed by atoms with Crippen LogP contribution in [0.25, 0.3) is 0 Å². The Kier molecular flexibility index (Phi) is 3.31. The fraction of sp³-hybridized carbons (Fsp3) is 0.900. The third-order valence-corrected chi connectivity index (χ3v) is 3.06. The lowest BCUT2D eigenvalue weighted by Crippen LogP contribution is -2.38. The number of hydrogen-bond donors (Lipinski definition) is 2. The number of carboxylic acids is 1. The summed E-state index contributed by atoms with van der Waals surface area (Å²) >= 11 is 0. The highest BCUT2D eigenvalue weighted by Crippen LogP contribution is 2.33. The van der Waals surface area contributed by atoms with Crippen molar-refractivity contribution in [1.29, 1.82) is 0 Å². The normalized spacial score (nSPS) is 31.0. The molecule has 0 aliphatic heterocycles. The van der Waals surface area contributed by atoms with E-state index in [1.54, 1.807) is 6.92 Å². The van der Waals surface area contributed by atoms with Gasteiger partial charge in [-0.2, -0.15) is 0 Å². The highest BCUT2D eigenvalue weighted by Gasteiger charge is 2.37. The molecular weight excluding hydrogens is 166 g/mol. The quantitative estimate of drug-likeness (QED) is 0.682. The number of carboxylic acid groups (broad SMARTS) is 1. The fourth-order valence-corrected chi connectivity index (χ4v) is 1.60. The molecule has 0 heterocycles. The number of hydrogen-bond acceptors (Lipinski definition) is 2. The van der Waals surface area contributed by atoms with Crippen molar-refractivity contribution in [3.8, 4) is 0 Å². The molecule has 0 saturated heterocycles. The Hall–Kier alpha value is -0.570. The van der Waals surface area contributed by atoms with Gasteiger partial charge in [-0.25, -0.2) is 0 Å². The summed E-state index contributed by atoms with van der Waals surface area (Å²) in [5, 5.41) is 12.1. The Morgan fingerprint density at radius 1 is 1.62 bits per heavy atom. The summed E-state index contributed by atoms with van der Waals surface area (Å²) in [4.78, 5) is 10.7. The highest BCUT2D eigenvalue weighted by molar-refractivity contribution is 5.70. The van der Waals surface area contributed by atoms with Crippen molar-refractivity contribution in [1.82, 2.24) is 5.32 Å². The van der Waals surface area contributed by atoms with Gasteiger partial charge in [0.15, 0.2) is 0 Å². The summed E-state index contributed by atoms with van der Waals surface area (Å²) in [7, 11) is 0. The van der Waals surface area contributed by atoms with Crippen LogP contribution in [0.4, 0.5) is 0 Å². The summed E-state index contributed by atoms with van der Waals surface area (Å²) in [6.07, 6.45) is 2.42. The van der Waals surface area contributed by atoms with E-state index in [2.05, 4.69) is 12.2 Å². The van der Waals surface area contributed by atoms with Gasteiger partial charge in [-0.3, -0.25) is 4.79 Å². The second-order valence-corrected chi connectivity index (χ2v) is 4.09. The van der Waals surface area contributed by atoms with E-state index in [0.29, 0.717) is 6.04 Å². The minimum Gasteiger partial charge on any atom is -0.481 e. The highest BCUT2D eigenvalue weighted by atomic mass is 16.4. The van der Waals surface area contributed by atoms with Crippen LogP contribution in [0.2, 0.25) is 0 Å². The Labute approximate surface area is 79.5 Å². The van der Waals surface area contributed by atoms with Crippen LogP contribution >= 0.6 is 0 Å². The molecule has 3 nitrogen and oxygen atoms in total. The van der Waals surface area contributed by atoms with Gasteiger partial charge in [-0.1, -0.05) is 20.3 Å². The Bertz CT molecular complexity index is 193. The average Bonchev–Trinajstić information content (AvgIpc) is 2.81. The van der Waals surface area contributed by atoms with Crippen LogP contribution in [-0.2, 0) is 4.79 Å². The van der Waals surface area contributed by atoms with E-state index >= 15 is 0 Å². The molecule has 4 unspecified atom stereocenters. The number of rotatable bonds is 5. The Morgan fingerprint density at radius 2 is 2.23 bits per heavy atom. The molecule has 1 fully saturated rings. The van der Waals surface area contributed by atoms with Gasteiger partial charge in [0.25, 0.3) is 0 Å². The van der Waals surface area contributed by atoms with Crippen LogP contribution in [0, 0.1) is 11.8 Å². The summed E-state index contributed by atoms with van der Waals surface area (Å²) < 4.78 is 0. The molecule has 0 amide bonds. The predicted molar refractivity (Wildman–Crippen MR) is 51.6 cm³/mol. The van der Waals surface area contributed by atoms with E-state index in [9.17, 15) is 4.79 Å². The van der Waals surface area contributed by atoms with E-state index in [-0.39, 0.29) is 12.0 Å². The largest absolute Gasteiger partial charge is 0.481 e. The van der Waals surface area contributed by atoms with Crippen molar-refractivity contribution in [3.63, 3.8) is 0 Å². The molecule has 76 valence electrons. The van der Waals surface area contributed by atoms with Crippen molar-refractivity contribution in [2.75, 3.05) is 0 Å². The van der Waals surface area contributed by atoms with Gasteiger partial charge >= 0.3 is 5.97 Å². The summed E-state index contributed by atoms with van der Waals surface area (Å²) in [5.41, 5.74) is 0. The third kappa shape index (κ3) is 2.69. The fourth-order valence-electron chi connectivity index (χ4n) is 1.60. The molecule has 0 aromatic rings. The molecule has 4 atom stereocenters. The first kappa shape index (κ1) is 10.5. The molecule has 1 aliphatic rings. The lowest BCUT2D eigenvalue weighted by Gasteiger charge is -2.17. The average molecular weight is 185 g/mol. The van der Waals surface area contributed by atoms with Crippen molar-refractivity contribution >= 4 is 5.97 Å². The van der Waals surface area contributed by atoms with E-state index in [4.69, 9.17) is 5.11 Å². The van der Waals surface area contributed by atoms with Crippen LogP contribution in [-0.4, -0.2) is 23.2 Å². The van der Waals surface area contributed by atoms with Crippen molar-refractivity contribution < 1.29 is 9.90 Å². The molecule has 0 aromatic carbocycles. The van der Waals surface area contributed by atoms with E-state index < -0.39 is 5.97 Å². The maximum absolute atomic E-state index is 10.7. The van der Waals surface area contributed by atoms with Crippen LogP contribution < -0.4 is 5.32 Å². The number of nitrogens with one attached hydrogen (secondary N) is 1. The van der Waals surface area contributed by atoms with Crippen molar-refractivity contribution in [3.05, 3.63) is 0 Å². The number of carbonyl (C=O) groups is 1. The topological polar surface area (TPSA) is 49.3 Å². The van der Waals surface area contributed by atoms with E-state index in [1.807, 2.05) is 6.92 Å². The summed E-state index contributed by atoms with van der Waals surface area (Å²) in [5.74, 6) is -0.227. The SMILES string of the molecule is CCC1CC1NC(C)C(C)C(=O)O. The maximum Gasteiger partial charge on any atom is 0.307 e. The molecule has 1 rings (SSSR count). The van der Waals surface area contributed by atoms with Gasteiger partial charge in [-0.05, 0) is 19.3 Å². The van der Waals surface area contributed by atoms with Crippen molar-refractivity contribution in [2.24, 2.45) is 11.8 Å². The molecule has 0 spiro atoms. The zero-order valence-corrected chi connectivity index (χ0v) is 8.58. The lowest BCUT2D eigenvalue weighted by atomic mass is 10.0. The molecular formula is C10H19NO2. The summed E-state index contributed by atoms with van der Waals surface area (Å²) in [6, 6.07) is 0.654. The molecule has 0 radical (unpaired) electrons. The second-order valence-electron chi connectivity index (χ2n) is 4.09. The zero-order valence-electron chi connectivity index (χ0n) is 8.58. The summed E-state index contributed by atoms with van der Waals surface area (Å²) in [6.45, 7) is 5.88. The first-order chi connectivity index (χ1) is 6.06. The monoisotopic (exact) mass is 185 g/mol. The smallest absolute Gasteiger partial charge is 0.307 e. The zero-order chi connectivity index (χ0) is 10.0. The minimum atomic E-state index is -0.714. The Morgan fingerprint density at radius 3 is 2.62 bits per heavy atom. The molecule has 1 aliphatic carbocycles. The van der Waals surface area contributed by atoms with Crippen LogP contribution in [0.1, 0.15) is 33.6 Å². The lowest BCUT2D eigenvalue weighted by molar-refractivity contribution is -0.141.